The van der Waals surface area contributed by atoms with Crippen molar-refractivity contribution in [1.82, 2.24) is 4.57 Å². The van der Waals surface area contributed by atoms with Gasteiger partial charge in [0.2, 0.25) is 0 Å². The average molecular weight is 308 g/mol. The van der Waals surface area contributed by atoms with Gasteiger partial charge in [0.05, 0.1) is 5.69 Å². The molecule has 1 aromatic carbocycles. The standard InChI is InChI=1S/C17H13FN4O/c1-11-12(8-14(10-20)22(11)2)7-13(9-19)17(23)21-16-6-4-3-5-15(16)18/h3-8H,1-2H3,(H,21,23)/b13-7-. The number of nitrogens with zero attached hydrogens (tertiary/aromatic N) is 3. The van der Waals surface area contributed by atoms with E-state index in [2.05, 4.69) is 5.32 Å². The van der Waals surface area contributed by atoms with Gasteiger partial charge in [0.25, 0.3) is 5.91 Å². The van der Waals surface area contributed by atoms with Crippen LogP contribution in [-0.2, 0) is 11.8 Å². The van der Waals surface area contributed by atoms with Gasteiger partial charge in [0.1, 0.15) is 29.2 Å². The second-order valence-electron chi connectivity index (χ2n) is 4.84. The van der Waals surface area contributed by atoms with Crippen molar-refractivity contribution in [3.05, 3.63) is 58.7 Å². The highest BCUT2D eigenvalue weighted by Crippen LogP contribution is 2.18. The number of hydrogen-bond donors (Lipinski definition) is 1. The number of aromatic nitrogens is 1. The van der Waals surface area contributed by atoms with Crippen LogP contribution in [0.1, 0.15) is 17.0 Å². The summed E-state index contributed by atoms with van der Waals surface area (Å²) in [6, 6.07) is 11.1. The smallest absolute Gasteiger partial charge is 0.266 e. The van der Waals surface area contributed by atoms with Crippen LogP contribution < -0.4 is 5.32 Å². The monoisotopic (exact) mass is 308 g/mol. The number of para-hydroxylation sites is 1. The van der Waals surface area contributed by atoms with Crippen molar-refractivity contribution in [3.8, 4) is 12.1 Å². The van der Waals surface area contributed by atoms with E-state index in [0.29, 0.717) is 11.3 Å². The van der Waals surface area contributed by atoms with Crippen LogP contribution in [0.3, 0.4) is 0 Å². The molecule has 0 saturated carbocycles. The topological polar surface area (TPSA) is 81.6 Å². The number of carbonyl (C=O) groups excluding carboxylic acids is 1. The molecule has 0 fully saturated rings. The molecule has 114 valence electrons. The molecule has 1 heterocycles. The number of carbonyl (C=O) groups is 1. The minimum Gasteiger partial charge on any atom is -0.339 e. The molecule has 0 unspecified atom stereocenters. The summed E-state index contributed by atoms with van der Waals surface area (Å²) in [7, 11) is 1.72. The van der Waals surface area contributed by atoms with Crippen LogP contribution in [0.15, 0.2) is 35.9 Å². The van der Waals surface area contributed by atoms with Crippen molar-refractivity contribution in [1.29, 1.82) is 10.5 Å². The molecule has 0 spiro atoms. The van der Waals surface area contributed by atoms with Crippen LogP contribution in [-0.4, -0.2) is 10.5 Å². The van der Waals surface area contributed by atoms with Gasteiger partial charge in [0, 0.05) is 12.7 Å². The Balaban J connectivity index is 2.33. The largest absolute Gasteiger partial charge is 0.339 e. The van der Waals surface area contributed by atoms with E-state index in [1.54, 1.807) is 36.7 Å². The Labute approximate surface area is 132 Å². The predicted octanol–water partition coefficient (Wildman–Crippen LogP) is 2.89. The number of benzene rings is 1. The maximum absolute atomic E-state index is 13.6. The van der Waals surface area contributed by atoms with Crippen molar-refractivity contribution in [2.24, 2.45) is 7.05 Å². The van der Waals surface area contributed by atoms with Crippen LogP contribution in [0.2, 0.25) is 0 Å². The Bertz CT molecular complexity index is 881. The normalized spacial score (nSPS) is 10.7. The number of amides is 1. The van der Waals surface area contributed by atoms with Gasteiger partial charge >= 0.3 is 0 Å². The fourth-order valence-electron chi connectivity index (χ4n) is 2.03. The SMILES string of the molecule is Cc1c(/C=C(/C#N)C(=O)Nc2ccccc2F)cc(C#N)n1C. The number of anilines is 1. The Morgan fingerprint density at radius 1 is 1.35 bits per heavy atom. The van der Waals surface area contributed by atoms with Gasteiger partial charge < -0.3 is 9.88 Å². The van der Waals surface area contributed by atoms with Gasteiger partial charge in [-0.2, -0.15) is 10.5 Å². The lowest BCUT2D eigenvalue weighted by Crippen LogP contribution is -2.14. The van der Waals surface area contributed by atoms with Gasteiger partial charge in [-0.15, -0.1) is 0 Å². The van der Waals surface area contributed by atoms with E-state index < -0.39 is 11.7 Å². The number of nitrogens with one attached hydrogen (secondary N) is 1. The maximum atomic E-state index is 13.6. The third-order valence-electron chi connectivity index (χ3n) is 3.48. The first kappa shape index (κ1) is 16.0. The average Bonchev–Trinajstić information content (AvgIpc) is 2.82. The van der Waals surface area contributed by atoms with Crippen LogP contribution in [0.4, 0.5) is 10.1 Å². The predicted molar refractivity (Wildman–Crippen MR) is 83.5 cm³/mol. The summed E-state index contributed by atoms with van der Waals surface area (Å²) in [5.74, 6) is -1.29. The van der Waals surface area contributed by atoms with Gasteiger partial charge in [0.15, 0.2) is 0 Å². The van der Waals surface area contributed by atoms with Crippen LogP contribution in [0.5, 0.6) is 0 Å². The van der Waals surface area contributed by atoms with E-state index >= 15 is 0 Å². The lowest BCUT2D eigenvalue weighted by atomic mass is 10.1. The van der Waals surface area contributed by atoms with Crippen molar-refractivity contribution in [2.75, 3.05) is 5.32 Å². The molecule has 1 N–H and O–H groups in total. The van der Waals surface area contributed by atoms with Gasteiger partial charge in [-0.3, -0.25) is 4.79 Å². The van der Waals surface area contributed by atoms with Crippen molar-refractivity contribution >= 4 is 17.7 Å². The molecule has 5 nitrogen and oxygen atoms in total. The number of rotatable bonds is 3. The minimum atomic E-state index is -0.709. The van der Waals surface area contributed by atoms with E-state index in [1.165, 1.54) is 24.3 Å². The Hall–Kier alpha value is -3.38. The molecule has 2 aromatic rings. The second-order valence-corrected chi connectivity index (χ2v) is 4.84. The van der Waals surface area contributed by atoms with Crippen molar-refractivity contribution in [2.45, 2.75) is 6.92 Å². The first-order chi connectivity index (χ1) is 11.0. The molecule has 2 rings (SSSR count). The van der Waals surface area contributed by atoms with E-state index in [-0.39, 0.29) is 11.3 Å². The first-order valence-electron chi connectivity index (χ1n) is 6.72. The van der Waals surface area contributed by atoms with Crippen molar-refractivity contribution in [3.63, 3.8) is 0 Å². The van der Waals surface area contributed by atoms with Crippen LogP contribution >= 0.6 is 0 Å². The van der Waals surface area contributed by atoms with Crippen LogP contribution in [0, 0.1) is 35.4 Å². The number of hydrogen-bond acceptors (Lipinski definition) is 3. The second kappa shape index (κ2) is 6.59. The summed E-state index contributed by atoms with van der Waals surface area (Å²) in [6.45, 7) is 1.77. The molecule has 0 saturated heterocycles. The van der Waals surface area contributed by atoms with Gasteiger partial charge in [-0.05, 0) is 36.8 Å². The molecule has 0 aliphatic heterocycles. The third-order valence-corrected chi connectivity index (χ3v) is 3.48. The Morgan fingerprint density at radius 3 is 2.61 bits per heavy atom. The zero-order valence-electron chi connectivity index (χ0n) is 12.6. The van der Waals surface area contributed by atoms with Crippen molar-refractivity contribution < 1.29 is 9.18 Å². The summed E-state index contributed by atoms with van der Waals surface area (Å²) >= 11 is 0. The summed E-state index contributed by atoms with van der Waals surface area (Å²) in [5.41, 5.74) is 1.57. The molecular formula is C17H13FN4O. The Morgan fingerprint density at radius 2 is 2.04 bits per heavy atom. The van der Waals surface area contributed by atoms with Gasteiger partial charge in [-0.1, -0.05) is 12.1 Å². The lowest BCUT2D eigenvalue weighted by Gasteiger charge is -2.05. The fourth-order valence-corrected chi connectivity index (χ4v) is 2.03. The molecule has 0 radical (unpaired) electrons. The lowest BCUT2D eigenvalue weighted by molar-refractivity contribution is -0.112. The molecular weight excluding hydrogens is 295 g/mol. The summed E-state index contributed by atoms with van der Waals surface area (Å²) < 4.78 is 15.2. The van der Waals surface area contributed by atoms with E-state index in [1.807, 2.05) is 6.07 Å². The molecule has 6 heteroatoms. The molecule has 0 aliphatic rings. The first-order valence-corrected chi connectivity index (χ1v) is 6.72. The zero-order valence-corrected chi connectivity index (χ0v) is 12.6. The molecule has 1 aromatic heterocycles. The zero-order chi connectivity index (χ0) is 17.0. The highest BCUT2D eigenvalue weighted by atomic mass is 19.1. The quantitative estimate of drug-likeness (QED) is 0.699. The highest BCUT2D eigenvalue weighted by Gasteiger charge is 2.14. The third kappa shape index (κ3) is 3.28. The molecule has 23 heavy (non-hydrogen) atoms. The summed E-state index contributed by atoms with van der Waals surface area (Å²) in [5, 5.41) is 20.5. The molecule has 1 amide bonds. The minimum absolute atomic E-state index is 0.00106. The molecule has 0 aliphatic carbocycles. The number of halogens is 1. The van der Waals surface area contributed by atoms with E-state index in [0.717, 1.165) is 5.69 Å². The highest BCUT2D eigenvalue weighted by molar-refractivity contribution is 6.09. The summed E-state index contributed by atoms with van der Waals surface area (Å²) in [6.07, 6.45) is 1.38. The number of nitriles is 2. The fraction of sp³-hybridized carbons (Fsp3) is 0.118. The van der Waals surface area contributed by atoms with E-state index in [9.17, 15) is 14.4 Å². The van der Waals surface area contributed by atoms with Gasteiger partial charge in [-0.25, -0.2) is 4.39 Å². The Kier molecular flexibility index (Phi) is 4.58. The summed E-state index contributed by atoms with van der Waals surface area (Å²) in [4.78, 5) is 12.1. The molecule has 0 atom stereocenters. The maximum Gasteiger partial charge on any atom is 0.266 e. The van der Waals surface area contributed by atoms with Crippen LogP contribution in [0.25, 0.3) is 6.08 Å². The van der Waals surface area contributed by atoms with E-state index in [4.69, 9.17) is 5.26 Å². The molecule has 0 bridgehead atoms.